The number of hydrogen-bond donors (Lipinski definition) is 1. The first kappa shape index (κ1) is 12.6. The SMILES string of the molecule is COC(=O)CC(C)NCc1ccc(F)cc1. The molecule has 16 heavy (non-hydrogen) atoms. The summed E-state index contributed by atoms with van der Waals surface area (Å²) in [4.78, 5) is 11.0. The van der Waals surface area contributed by atoms with E-state index in [0.29, 0.717) is 13.0 Å². The summed E-state index contributed by atoms with van der Waals surface area (Å²) in [5, 5.41) is 3.16. The third-order valence-corrected chi connectivity index (χ3v) is 2.27. The fourth-order valence-corrected chi connectivity index (χ4v) is 1.30. The molecule has 0 aliphatic carbocycles. The van der Waals surface area contributed by atoms with Crippen molar-refractivity contribution >= 4 is 5.97 Å². The zero-order valence-corrected chi connectivity index (χ0v) is 9.50. The molecule has 0 aromatic heterocycles. The summed E-state index contributed by atoms with van der Waals surface area (Å²) in [6.45, 7) is 2.51. The first-order valence-electron chi connectivity index (χ1n) is 5.16. The molecule has 0 spiro atoms. The number of nitrogens with one attached hydrogen (secondary N) is 1. The molecule has 0 saturated carbocycles. The fourth-order valence-electron chi connectivity index (χ4n) is 1.30. The lowest BCUT2D eigenvalue weighted by atomic mass is 10.2. The number of ether oxygens (including phenoxy) is 1. The molecule has 88 valence electrons. The van der Waals surface area contributed by atoms with E-state index in [2.05, 4.69) is 10.1 Å². The van der Waals surface area contributed by atoms with Gasteiger partial charge in [-0.2, -0.15) is 0 Å². The molecule has 1 N–H and O–H groups in total. The Morgan fingerprint density at radius 3 is 2.62 bits per heavy atom. The van der Waals surface area contributed by atoms with Crippen molar-refractivity contribution in [3.05, 3.63) is 35.6 Å². The number of methoxy groups -OCH3 is 1. The lowest BCUT2D eigenvalue weighted by Crippen LogP contribution is -2.28. The normalized spacial score (nSPS) is 12.2. The highest BCUT2D eigenvalue weighted by Crippen LogP contribution is 2.03. The minimum absolute atomic E-state index is 0.0394. The van der Waals surface area contributed by atoms with Crippen LogP contribution in [0.1, 0.15) is 18.9 Å². The van der Waals surface area contributed by atoms with Crippen LogP contribution in [0.5, 0.6) is 0 Å². The topological polar surface area (TPSA) is 38.3 Å². The average molecular weight is 225 g/mol. The van der Waals surface area contributed by atoms with E-state index < -0.39 is 0 Å². The minimum Gasteiger partial charge on any atom is -0.469 e. The molecular weight excluding hydrogens is 209 g/mol. The average Bonchev–Trinajstić information content (AvgIpc) is 2.28. The summed E-state index contributed by atoms with van der Waals surface area (Å²) in [6.07, 6.45) is 0.331. The lowest BCUT2D eigenvalue weighted by Gasteiger charge is -2.12. The van der Waals surface area contributed by atoms with Gasteiger partial charge in [0.25, 0.3) is 0 Å². The van der Waals surface area contributed by atoms with Crippen molar-refractivity contribution < 1.29 is 13.9 Å². The number of hydrogen-bond acceptors (Lipinski definition) is 3. The van der Waals surface area contributed by atoms with Crippen LogP contribution in [0.25, 0.3) is 0 Å². The summed E-state index contributed by atoms with van der Waals surface area (Å²) in [7, 11) is 1.37. The molecule has 4 heteroatoms. The third kappa shape index (κ3) is 4.40. The molecule has 0 heterocycles. The predicted octanol–water partition coefficient (Wildman–Crippen LogP) is 1.87. The maximum absolute atomic E-state index is 12.6. The number of carbonyl (C=O) groups is 1. The van der Waals surface area contributed by atoms with Gasteiger partial charge in [0.2, 0.25) is 0 Å². The first-order chi connectivity index (χ1) is 7.61. The second kappa shape index (κ2) is 6.23. The standard InChI is InChI=1S/C12H16FNO2/c1-9(7-12(15)16-2)14-8-10-3-5-11(13)6-4-10/h3-6,9,14H,7-8H2,1-2H3. The summed E-state index contributed by atoms with van der Waals surface area (Å²) in [5.41, 5.74) is 0.984. The van der Waals surface area contributed by atoms with Crippen molar-refractivity contribution in [1.29, 1.82) is 0 Å². The van der Waals surface area contributed by atoms with Crippen molar-refractivity contribution in [2.75, 3.05) is 7.11 Å². The van der Waals surface area contributed by atoms with E-state index >= 15 is 0 Å². The van der Waals surface area contributed by atoms with E-state index in [-0.39, 0.29) is 17.8 Å². The Morgan fingerprint density at radius 1 is 1.44 bits per heavy atom. The monoisotopic (exact) mass is 225 g/mol. The second-order valence-corrected chi connectivity index (χ2v) is 3.69. The van der Waals surface area contributed by atoms with Gasteiger partial charge in [-0.15, -0.1) is 0 Å². The molecule has 0 bridgehead atoms. The number of benzene rings is 1. The van der Waals surface area contributed by atoms with Crippen molar-refractivity contribution in [1.82, 2.24) is 5.32 Å². The van der Waals surface area contributed by atoms with Gasteiger partial charge in [-0.05, 0) is 24.6 Å². The number of rotatable bonds is 5. The maximum Gasteiger partial charge on any atom is 0.307 e. The Labute approximate surface area is 94.6 Å². The first-order valence-corrected chi connectivity index (χ1v) is 5.16. The largest absolute Gasteiger partial charge is 0.469 e. The molecule has 0 fully saturated rings. The quantitative estimate of drug-likeness (QED) is 0.777. The molecule has 3 nitrogen and oxygen atoms in total. The Balaban J connectivity index is 2.34. The van der Waals surface area contributed by atoms with Crippen LogP contribution < -0.4 is 5.32 Å². The van der Waals surface area contributed by atoms with E-state index in [1.165, 1.54) is 19.2 Å². The van der Waals surface area contributed by atoms with Gasteiger partial charge in [-0.25, -0.2) is 4.39 Å². The van der Waals surface area contributed by atoms with Gasteiger partial charge in [0.05, 0.1) is 13.5 Å². The maximum atomic E-state index is 12.6. The van der Waals surface area contributed by atoms with E-state index in [4.69, 9.17) is 0 Å². The molecular formula is C12H16FNO2. The Morgan fingerprint density at radius 2 is 2.06 bits per heavy atom. The summed E-state index contributed by atoms with van der Waals surface area (Å²) >= 11 is 0. The van der Waals surface area contributed by atoms with Crippen LogP contribution >= 0.6 is 0 Å². The smallest absolute Gasteiger partial charge is 0.307 e. The molecule has 0 radical (unpaired) electrons. The zero-order chi connectivity index (χ0) is 12.0. The van der Waals surface area contributed by atoms with Gasteiger partial charge in [-0.1, -0.05) is 12.1 Å². The number of esters is 1. The predicted molar refractivity (Wildman–Crippen MR) is 59.3 cm³/mol. The second-order valence-electron chi connectivity index (χ2n) is 3.69. The highest BCUT2D eigenvalue weighted by atomic mass is 19.1. The molecule has 1 aromatic carbocycles. The molecule has 0 aliphatic rings. The van der Waals surface area contributed by atoms with E-state index in [1.807, 2.05) is 6.92 Å². The fraction of sp³-hybridized carbons (Fsp3) is 0.417. The van der Waals surface area contributed by atoms with Gasteiger partial charge in [0.1, 0.15) is 5.82 Å². The van der Waals surface area contributed by atoms with Crippen LogP contribution in [0.3, 0.4) is 0 Å². The molecule has 1 rings (SSSR count). The molecule has 0 amide bonds. The van der Waals surface area contributed by atoms with Gasteiger partial charge in [0, 0.05) is 12.6 Å². The summed E-state index contributed by atoms with van der Waals surface area (Å²) in [5.74, 6) is -0.481. The van der Waals surface area contributed by atoms with Crippen LogP contribution in [0.2, 0.25) is 0 Å². The minimum atomic E-state index is -0.244. The van der Waals surface area contributed by atoms with E-state index in [9.17, 15) is 9.18 Å². The Kier molecular flexibility index (Phi) is 4.92. The lowest BCUT2D eigenvalue weighted by molar-refractivity contribution is -0.141. The van der Waals surface area contributed by atoms with Crippen molar-refractivity contribution in [2.24, 2.45) is 0 Å². The molecule has 0 aliphatic heterocycles. The molecule has 1 unspecified atom stereocenters. The van der Waals surface area contributed by atoms with Crippen molar-refractivity contribution in [3.8, 4) is 0 Å². The highest BCUT2D eigenvalue weighted by Gasteiger charge is 2.08. The van der Waals surface area contributed by atoms with Crippen LogP contribution in [0, 0.1) is 5.82 Å². The van der Waals surface area contributed by atoms with Crippen LogP contribution in [0.4, 0.5) is 4.39 Å². The number of carbonyl (C=O) groups excluding carboxylic acids is 1. The van der Waals surface area contributed by atoms with Crippen molar-refractivity contribution in [2.45, 2.75) is 25.9 Å². The molecule has 1 aromatic rings. The Bertz CT molecular complexity index is 337. The van der Waals surface area contributed by atoms with Crippen LogP contribution in [-0.4, -0.2) is 19.1 Å². The Hall–Kier alpha value is -1.42. The summed E-state index contributed by atoms with van der Waals surface area (Å²) < 4.78 is 17.2. The molecule has 1 atom stereocenters. The van der Waals surface area contributed by atoms with Gasteiger partial charge >= 0.3 is 5.97 Å². The van der Waals surface area contributed by atoms with Crippen LogP contribution in [-0.2, 0) is 16.1 Å². The number of halogens is 1. The van der Waals surface area contributed by atoms with E-state index in [1.54, 1.807) is 12.1 Å². The van der Waals surface area contributed by atoms with Gasteiger partial charge < -0.3 is 10.1 Å². The van der Waals surface area contributed by atoms with Crippen LogP contribution in [0.15, 0.2) is 24.3 Å². The zero-order valence-electron chi connectivity index (χ0n) is 9.50. The summed E-state index contributed by atoms with van der Waals surface area (Å²) in [6, 6.07) is 6.31. The third-order valence-electron chi connectivity index (χ3n) is 2.27. The highest BCUT2D eigenvalue weighted by molar-refractivity contribution is 5.69. The molecule has 0 saturated heterocycles. The van der Waals surface area contributed by atoms with Crippen molar-refractivity contribution in [3.63, 3.8) is 0 Å². The van der Waals surface area contributed by atoms with E-state index in [0.717, 1.165) is 5.56 Å². The van der Waals surface area contributed by atoms with Gasteiger partial charge in [-0.3, -0.25) is 4.79 Å². The van der Waals surface area contributed by atoms with Gasteiger partial charge in [0.15, 0.2) is 0 Å².